The van der Waals surface area contributed by atoms with Gasteiger partial charge in [-0.25, -0.2) is 4.79 Å². The van der Waals surface area contributed by atoms with Gasteiger partial charge < -0.3 is 15.4 Å². The number of carbonyl (C=O) groups is 2. The summed E-state index contributed by atoms with van der Waals surface area (Å²) in [5.41, 5.74) is 1.85. The molecule has 0 spiro atoms. The molecule has 2 rings (SSSR count). The molecule has 1 heterocycles. The monoisotopic (exact) mass is 274 g/mol. The highest BCUT2D eigenvalue weighted by atomic mass is 16.4. The largest absolute Gasteiger partial charge is 0.480 e. The zero-order valence-corrected chi connectivity index (χ0v) is 11.5. The van der Waals surface area contributed by atoms with E-state index in [2.05, 4.69) is 10.3 Å². The molecule has 5 heteroatoms. The van der Waals surface area contributed by atoms with Crippen LogP contribution in [0.1, 0.15) is 19.4 Å². The third kappa shape index (κ3) is 2.99. The quantitative estimate of drug-likeness (QED) is 0.779. The predicted octanol–water partition coefficient (Wildman–Crippen LogP) is 1.94. The molecule has 1 amide bonds. The Bertz CT molecular complexity index is 631. The second-order valence-electron chi connectivity index (χ2n) is 5.12. The molecule has 3 N–H and O–H groups in total. The molecule has 0 bridgehead atoms. The molecule has 1 atom stereocenters. The Morgan fingerprint density at radius 3 is 2.65 bits per heavy atom. The van der Waals surface area contributed by atoms with E-state index in [-0.39, 0.29) is 18.2 Å². The van der Waals surface area contributed by atoms with E-state index in [0.717, 1.165) is 16.5 Å². The Labute approximate surface area is 117 Å². The molecule has 0 fully saturated rings. The van der Waals surface area contributed by atoms with E-state index in [4.69, 9.17) is 0 Å². The van der Waals surface area contributed by atoms with Crippen LogP contribution in [-0.2, 0) is 16.0 Å². The lowest BCUT2D eigenvalue weighted by Crippen LogP contribution is -2.44. The summed E-state index contributed by atoms with van der Waals surface area (Å²) < 4.78 is 0. The highest BCUT2D eigenvalue weighted by Gasteiger charge is 2.22. The van der Waals surface area contributed by atoms with Crippen molar-refractivity contribution in [1.82, 2.24) is 10.3 Å². The van der Waals surface area contributed by atoms with Gasteiger partial charge in [0.15, 0.2) is 0 Å². The van der Waals surface area contributed by atoms with Crippen molar-refractivity contribution in [2.75, 3.05) is 0 Å². The summed E-state index contributed by atoms with van der Waals surface area (Å²) in [5.74, 6) is -1.51. The number of carboxylic acids is 1. The molecule has 0 aliphatic rings. The van der Waals surface area contributed by atoms with Crippen molar-refractivity contribution >= 4 is 22.8 Å². The fourth-order valence-corrected chi connectivity index (χ4v) is 2.06. The number of nitrogens with one attached hydrogen (secondary N) is 2. The summed E-state index contributed by atoms with van der Waals surface area (Å²) in [6, 6.07) is 6.77. The van der Waals surface area contributed by atoms with Gasteiger partial charge >= 0.3 is 5.97 Å². The Morgan fingerprint density at radius 2 is 2.00 bits per heavy atom. The zero-order chi connectivity index (χ0) is 14.7. The SMILES string of the molecule is CC(C)C(=O)NC(Cc1c[nH]c2ccccc12)C(=O)O. The topological polar surface area (TPSA) is 82.2 Å². The molecule has 0 radical (unpaired) electrons. The number of carbonyl (C=O) groups excluding carboxylic acids is 1. The van der Waals surface area contributed by atoms with E-state index < -0.39 is 12.0 Å². The van der Waals surface area contributed by atoms with Gasteiger partial charge in [-0.05, 0) is 11.6 Å². The van der Waals surface area contributed by atoms with Gasteiger partial charge in [-0.1, -0.05) is 32.0 Å². The number of aliphatic carboxylic acids is 1. The van der Waals surface area contributed by atoms with Crippen LogP contribution in [0.25, 0.3) is 10.9 Å². The molecule has 1 aromatic heterocycles. The van der Waals surface area contributed by atoms with Crippen molar-refractivity contribution < 1.29 is 14.7 Å². The number of para-hydroxylation sites is 1. The van der Waals surface area contributed by atoms with E-state index in [1.165, 1.54) is 0 Å². The molecule has 106 valence electrons. The Hall–Kier alpha value is -2.30. The van der Waals surface area contributed by atoms with E-state index in [1.807, 2.05) is 24.3 Å². The highest BCUT2D eigenvalue weighted by molar-refractivity contribution is 5.87. The molecule has 0 saturated carbocycles. The third-order valence-corrected chi connectivity index (χ3v) is 3.24. The lowest BCUT2D eigenvalue weighted by molar-refractivity contribution is -0.142. The van der Waals surface area contributed by atoms with Gasteiger partial charge in [0.05, 0.1) is 0 Å². The summed E-state index contributed by atoms with van der Waals surface area (Å²) in [7, 11) is 0. The van der Waals surface area contributed by atoms with Gasteiger partial charge in [-0.2, -0.15) is 0 Å². The first-order valence-electron chi connectivity index (χ1n) is 6.57. The van der Waals surface area contributed by atoms with Gasteiger partial charge in [0.2, 0.25) is 5.91 Å². The first-order valence-corrected chi connectivity index (χ1v) is 6.57. The van der Waals surface area contributed by atoms with Gasteiger partial charge in [0, 0.05) is 29.4 Å². The van der Waals surface area contributed by atoms with Crippen LogP contribution in [0.2, 0.25) is 0 Å². The number of benzene rings is 1. The number of aromatic nitrogens is 1. The van der Waals surface area contributed by atoms with Crippen LogP contribution in [0.15, 0.2) is 30.5 Å². The second kappa shape index (κ2) is 5.77. The van der Waals surface area contributed by atoms with E-state index >= 15 is 0 Å². The number of rotatable bonds is 5. The zero-order valence-electron chi connectivity index (χ0n) is 11.5. The first-order chi connectivity index (χ1) is 9.49. The lowest BCUT2D eigenvalue weighted by atomic mass is 10.0. The number of hydrogen-bond donors (Lipinski definition) is 3. The summed E-state index contributed by atoms with van der Waals surface area (Å²) in [4.78, 5) is 26.1. The van der Waals surface area contributed by atoms with Crippen LogP contribution >= 0.6 is 0 Å². The second-order valence-corrected chi connectivity index (χ2v) is 5.12. The van der Waals surface area contributed by atoms with Crippen LogP contribution in [0.4, 0.5) is 0 Å². The number of fused-ring (bicyclic) bond motifs is 1. The summed E-state index contributed by atoms with van der Waals surface area (Å²) in [6.45, 7) is 3.47. The molecule has 1 aromatic carbocycles. The molecule has 1 unspecified atom stereocenters. The van der Waals surface area contributed by atoms with E-state index in [9.17, 15) is 14.7 Å². The molecule has 5 nitrogen and oxygen atoms in total. The minimum absolute atomic E-state index is 0.236. The third-order valence-electron chi connectivity index (χ3n) is 3.24. The standard InChI is InChI=1S/C15H18N2O3/c1-9(2)14(18)17-13(15(19)20)7-10-8-16-12-6-4-3-5-11(10)12/h3-6,8-9,13,16H,7H2,1-2H3,(H,17,18)(H,19,20). The van der Waals surface area contributed by atoms with Crippen molar-refractivity contribution in [1.29, 1.82) is 0 Å². The number of H-pyrrole nitrogens is 1. The van der Waals surface area contributed by atoms with Gasteiger partial charge in [-0.3, -0.25) is 4.79 Å². The highest BCUT2D eigenvalue weighted by Crippen LogP contribution is 2.19. The molecule has 2 aromatic rings. The Kier molecular flexibility index (Phi) is 4.08. The number of aromatic amines is 1. The average molecular weight is 274 g/mol. The fraction of sp³-hybridized carbons (Fsp3) is 0.333. The minimum atomic E-state index is -1.02. The summed E-state index contributed by atoms with van der Waals surface area (Å²) in [6.07, 6.45) is 2.06. The number of amides is 1. The average Bonchev–Trinajstić information content (AvgIpc) is 2.81. The smallest absolute Gasteiger partial charge is 0.326 e. The maximum absolute atomic E-state index is 11.7. The van der Waals surface area contributed by atoms with Crippen LogP contribution in [0.5, 0.6) is 0 Å². The lowest BCUT2D eigenvalue weighted by Gasteiger charge is -2.15. The molecule has 0 aliphatic carbocycles. The fourth-order valence-electron chi connectivity index (χ4n) is 2.06. The van der Waals surface area contributed by atoms with Crippen LogP contribution in [0.3, 0.4) is 0 Å². The van der Waals surface area contributed by atoms with Crippen molar-refractivity contribution in [2.24, 2.45) is 5.92 Å². The van der Waals surface area contributed by atoms with Gasteiger partial charge in [0.1, 0.15) is 6.04 Å². The normalized spacial score (nSPS) is 12.6. The molecule has 0 saturated heterocycles. The summed E-state index contributed by atoms with van der Waals surface area (Å²) >= 11 is 0. The van der Waals surface area contributed by atoms with Crippen LogP contribution < -0.4 is 5.32 Å². The molecule has 0 aliphatic heterocycles. The number of hydrogen-bond acceptors (Lipinski definition) is 2. The van der Waals surface area contributed by atoms with Crippen molar-refractivity contribution in [2.45, 2.75) is 26.3 Å². The predicted molar refractivity (Wildman–Crippen MR) is 76.4 cm³/mol. The van der Waals surface area contributed by atoms with Gasteiger partial charge in [-0.15, -0.1) is 0 Å². The summed E-state index contributed by atoms with van der Waals surface area (Å²) in [5, 5.41) is 12.8. The van der Waals surface area contributed by atoms with Crippen LogP contribution in [0, 0.1) is 5.92 Å². The maximum Gasteiger partial charge on any atom is 0.326 e. The van der Waals surface area contributed by atoms with Gasteiger partial charge in [0.25, 0.3) is 0 Å². The van der Waals surface area contributed by atoms with Crippen LogP contribution in [-0.4, -0.2) is 28.0 Å². The molecular weight excluding hydrogens is 256 g/mol. The first kappa shape index (κ1) is 14.1. The molecule has 20 heavy (non-hydrogen) atoms. The Balaban J connectivity index is 2.20. The van der Waals surface area contributed by atoms with Crippen molar-refractivity contribution in [3.63, 3.8) is 0 Å². The minimum Gasteiger partial charge on any atom is -0.480 e. The molecular formula is C15H18N2O3. The van der Waals surface area contributed by atoms with E-state index in [0.29, 0.717) is 0 Å². The Morgan fingerprint density at radius 1 is 1.30 bits per heavy atom. The number of carboxylic acid groups (broad SMARTS) is 1. The van der Waals surface area contributed by atoms with Crippen molar-refractivity contribution in [3.8, 4) is 0 Å². The van der Waals surface area contributed by atoms with Crippen molar-refractivity contribution in [3.05, 3.63) is 36.0 Å². The van der Waals surface area contributed by atoms with E-state index in [1.54, 1.807) is 20.0 Å². The maximum atomic E-state index is 11.7.